The number of sulfonamides is 2. The second-order valence-corrected chi connectivity index (χ2v) is 8.44. The number of hydrogen-bond acceptors (Lipinski definition) is 7. The van der Waals surface area contributed by atoms with Crippen molar-refractivity contribution in [2.45, 2.75) is 16.7 Å². The zero-order valence-corrected chi connectivity index (χ0v) is 14.6. The van der Waals surface area contributed by atoms with Crippen LogP contribution in [0.15, 0.2) is 56.9 Å². The van der Waals surface area contributed by atoms with Crippen LogP contribution in [0.25, 0.3) is 11.0 Å². The van der Waals surface area contributed by atoms with Crippen molar-refractivity contribution in [1.82, 2.24) is 15.0 Å². The Morgan fingerprint density at radius 1 is 0.960 bits per heavy atom. The number of nitrogens with zero attached hydrogens (tertiary/aromatic N) is 2. The third-order valence-corrected chi connectivity index (χ3v) is 6.26. The lowest BCUT2D eigenvalue weighted by molar-refractivity contribution is 0.315. The minimum atomic E-state index is -3.95. The van der Waals surface area contributed by atoms with E-state index in [1.807, 2.05) is 0 Å². The van der Waals surface area contributed by atoms with E-state index < -0.39 is 20.0 Å². The van der Waals surface area contributed by atoms with Crippen LogP contribution in [0.2, 0.25) is 0 Å². The predicted octanol–water partition coefficient (Wildman–Crippen LogP) is 1.32. The Hall–Kier alpha value is -2.50. The zero-order chi connectivity index (χ0) is 18.1. The first-order chi connectivity index (χ1) is 11.8. The van der Waals surface area contributed by atoms with Gasteiger partial charge >= 0.3 is 0 Å². The molecular weight excluding hydrogens is 368 g/mol. The van der Waals surface area contributed by atoms with Crippen LogP contribution in [0, 0.1) is 0 Å². The van der Waals surface area contributed by atoms with E-state index >= 15 is 0 Å². The first kappa shape index (κ1) is 17.3. The van der Waals surface area contributed by atoms with Crippen LogP contribution in [0.3, 0.4) is 0 Å². The normalized spacial score (nSPS) is 12.4. The molecule has 0 saturated carbocycles. The van der Waals surface area contributed by atoms with Gasteiger partial charge in [-0.15, -0.1) is 0 Å². The number of fused-ring (bicyclic) bond motifs is 1. The second kappa shape index (κ2) is 6.43. The van der Waals surface area contributed by atoms with Crippen LogP contribution in [-0.2, 0) is 20.0 Å². The van der Waals surface area contributed by atoms with E-state index in [-0.39, 0.29) is 27.5 Å². The molecule has 0 atom stereocenters. The summed E-state index contributed by atoms with van der Waals surface area (Å²) in [7, 11) is -7.55. The minimum Gasteiger partial charge on any atom is -0.280 e. The molecule has 0 amide bonds. The average Bonchev–Trinajstić information content (AvgIpc) is 3.03. The van der Waals surface area contributed by atoms with E-state index in [0.717, 1.165) is 0 Å². The lowest BCUT2D eigenvalue weighted by Gasteiger charge is -2.09. The summed E-state index contributed by atoms with van der Waals surface area (Å²) in [6.07, 6.45) is 0. The van der Waals surface area contributed by atoms with Crippen molar-refractivity contribution < 1.29 is 21.5 Å². The van der Waals surface area contributed by atoms with Crippen molar-refractivity contribution in [2.75, 3.05) is 11.3 Å². The molecule has 3 rings (SSSR count). The van der Waals surface area contributed by atoms with Crippen LogP contribution in [0.1, 0.15) is 6.92 Å². The Bertz CT molecular complexity index is 1110. The molecule has 0 unspecified atom stereocenters. The summed E-state index contributed by atoms with van der Waals surface area (Å²) >= 11 is 0. The maximum atomic E-state index is 12.5. The van der Waals surface area contributed by atoms with Crippen molar-refractivity contribution >= 4 is 36.8 Å². The van der Waals surface area contributed by atoms with E-state index in [1.165, 1.54) is 36.4 Å². The Labute approximate surface area is 144 Å². The number of nitrogens with one attached hydrogen (secondary N) is 2. The SMILES string of the molecule is CCNS(=O)(=O)c1ccc(NS(=O)(=O)c2cccc3nonc23)cc1. The van der Waals surface area contributed by atoms with Crippen LogP contribution in [0.5, 0.6) is 0 Å². The van der Waals surface area contributed by atoms with Gasteiger partial charge in [-0.05, 0) is 46.7 Å². The van der Waals surface area contributed by atoms with Gasteiger partial charge in [0.15, 0.2) is 5.52 Å². The first-order valence-electron chi connectivity index (χ1n) is 7.17. The molecule has 0 radical (unpaired) electrons. The predicted molar refractivity (Wildman–Crippen MR) is 89.9 cm³/mol. The second-order valence-electron chi connectivity index (χ2n) is 5.02. The van der Waals surface area contributed by atoms with Gasteiger partial charge in [0.25, 0.3) is 10.0 Å². The van der Waals surface area contributed by atoms with Crippen LogP contribution >= 0.6 is 0 Å². The third kappa shape index (κ3) is 3.48. The van der Waals surface area contributed by atoms with Gasteiger partial charge in [0.2, 0.25) is 10.0 Å². The van der Waals surface area contributed by atoms with Crippen molar-refractivity contribution in [2.24, 2.45) is 0 Å². The van der Waals surface area contributed by atoms with Crippen LogP contribution < -0.4 is 9.44 Å². The number of benzene rings is 2. The van der Waals surface area contributed by atoms with Crippen molar-refractivity contribution in [3.05, 3.63) is 42.5 Å². The van der Waals surface area contributed by atoms with Gasteiger partial charge in [0.1, 0.15) is 10.4 Å². The molecule has 1 heterocycles. The van der Waals surface area contributed by atoms with E-state index in [2.05, 4.69) is 24.4 Å². The Morgan fingerprint density at radius 3 is 2.36 bits per heavy atom. The molecule has 0 saturated heterocycles. The van der Waals surface area contributed by atoms with Gasteiger partial charge < -0.3 is 0 Å². The maximum Gasteiger partial charge on any atom is 0.264 e. The molecule has 0 aliphatic carbocycles. The third-order valence-electron chi connectivity index (χ3n) is 3.29. The monoisotopic (exact) mass is 382 g/mol. The molecule has 9 nitrogen and oxygen atoms in total. The summed E-state index contributed by atoms with van der Waals surface area (Å²) in [6.45, 7) is 1.92. The Balaban J connectivity index is 1.90. The summed E-state index contributed by atoms with van der Waals surface area (Å²) in [5.41, 5.74) is 0.639. The summed E-state index contributed by atoms with van der Waals surface area (Å²) in [5.74, 6) is 0. The molecule has 0 bridgehead atoms. The standard InChI is InChI=1S/C14H14N4O5S2/c1-2-15-24(19,20)11-8-6-10(7-9-11)18-25(21,22)13-5-3-4-12-14(13)17-23-16-12/h3-9,15,18H,2H2,1H3. The largest absolute Gasteiger partial charge is 0.280 e. The topological polar surface area (TPSA) is 131 Å². The fourth-order valence-corrected chi connectivity index (χ4v) is 4.44. The number of aromatic nitrogens is 2. The van der Waals surface area contributed by atoms with Gasteiger partial charge in [-0.3, -0.25) is 4.72 Å². The highest BCUT2D eigenvalue weighted by Crippen LogP contribution is 2.23. The lowest BCUT2D eigenvalue weighted by atomic mass is 10.3. The van der Waals surface area contributed by atoms with Crippen molar-refractivity contribution in [1.29, 1.82) is 0 Å². The molecule has 0 spiro atoms. The molecule has 0 aliphatic rings. The molecule has 132 valence electrons. The highest BCUT2D eigenvalue weighted by molar-refractivity contribution is 7.93. The van der Waals surface area contributed by atoms with E-state index in [0.29, 0.717) is 5.52 Å². The average molecular weight is 382 g/mol. The lowest BCUT2D eigenvalue weighted by Crippen LogP contribution is -2.23. The number of hydrogen-bond donors (Lipinski definition) is 2. The fourth-order valence-electron chi connectivity index (χ4n) is 2.18. The first-order valence-corrected chi connectivity index (χ1v) is 10.1. The van der Waals surface area contributed by atoms with Crippen molar-refractivity contribution in [3.63, 3.8) is 0 Å². The summed E-state index contributed by atoms with van der Waals surface area (Å²) in [6, 6.07) is 9.82. The molecule has 3 aromatic rings. The molecule has 25 heavy (non-hydrogen) atoms. The number of anilines is 1. The van der Waals surface area contributed by atoms with Crippen molar-refractivity contribution in [3.8, 4) is 0 Å². The number of rotatable bonds is 6. The van der Waals surface area contributed by atoms with Gasteiger partial charge in [-0.2, -0.15) is 0 Å². The molecule has 2 N–H and O–H groups in total. The summed E-state index contributed by atoms with van der Waals surface area (Å²) in [4.78, 5) is -0.0456. The van der Waals surface area contributed by atoms with Gasteiger partial charge in [0.05, 0.1) is 4.90 Å². The van der Waals surface area contributed by atoms with E-state index in [1.54, 1.807) is 13.0 Å². The molecule has 0 aliphatic heterocycles. The summed E-state index contributed by atoms with van der Waals surface area (Å²) in [5, 5.41) is 7.20. The molecular formula is C14H14N4O5S2. The molecule has 1 aromatic heterocycles. The van der Waals surface area contributed by atoms with Gasteiger partial charge in [-0.25, -0.2) is 26.2 Å². The Kier molecular flexibility index (Phi) is 4.45. The minimum absolute atomic E-state index is 0.0418. The van der Waals surface area contributed by atoms with Gasteiger partial charge in [0, 0.05) is 12.2 Å². The van der Waals surface area contributed by atoms with E-state index in [9.17, 15) is 16.8 Å². The quantitative estimate of drug-likeness (QED) is 0.657. The van der Waals surface area contributed by atoms with Crippen LogP contribution in [0.4, 0.5) is 5.69 Å². The van der Waals surface area contributed by atoms with Gasteiger partial charge in [-0.1, -0.05) is 13.0 Å². The smallest absolute Gasteiger partial charge is 0.264 e. The molecule has 2 aromatic carbocycles. The van der Waals surface area contributed by atoms with E-state index in [4.69, 9.17) is 0 Å². The van der Waals surface area contributed by atoms with Crippen LogP contribution in [-0.4, -0.2) is 33.7 Å². The Morgan fingerprint density at radius 2 is 1.68 bits per heavy atom. The molecule has 0 fully saturated rings. The highest BCUT2D eigenvalue weighted by atomic mass is 32.2. The maximum absolute atomic E-state index is 12.5. The highest BCUT2D eigenvalue weighted by Gasteiger charge is 2.21. The zero-order valence-electron chi connectivity index (χ0n) is 13.0. The molecule has 11 heteroatoms. The fraction of sp³-hybridized carbons (Fsp3) is 0.143. The summed E-state index contributed by atoms with van der Waals surface area (Å²) < 4.78 is 58.2.